The van der Waals surface area contributed by atoms with Crippen LogP contribution in [0.5, 0.6) is 0 Å². The standard InChI is InChI=1S/C16H28O/c1-2-3-4-5-6-7-8-9-10-11-12-13-14-15-16-17/h5-6,8-9,16H,2-4,7,10-15H2,1H3/b6-5-,9-8+. The zero-order valence-electron chi connectivity index (χ0n) is 11.4. The van der Waals surface area contributed by atoms with Crippen LogP contribution in [0.25, 0.3) is 0 Å². The van der Waals surface area contributed by atoms with Crippen molar-refractivity contribution in [3.8, 4) is 0 Å². The molecule has 0 saturated carbocycles. The molecular weight excluding hydrogens is 208 g/mol. The predicted molar refractivity (Wildman–Crippen MR) is 76.2 cm³/mol. The van der Waals surface area contributed by atoms with Gasteiger partial charge in [-0.05, 0) is 32.1 Å². The summed E-state index contributed by atoms with van der Waals surface area (Å²) < 4.78 is 0. The predicted octanol–water partition coefficient (Wildman–Crippen LogP) is 5.22. The van der Waals surface area contributed by atoms with E-state index in [9.17, 15) is 4.79 Å². The second kappa shape index (κ2) is 15.1. The summed E-state index contributed by atoms with van der Waals surface area (Å²) in [6.07, 6.45) is 21.7. The number of aldehydes is 1. The highest BCUT2D eigenvalue weighted by atomic mass is 16.1. The first kappa shape index (κ1) is 16.1. The van der Waals surface area contributed by atoms with Gasteiger partial charge in [0.2, 0.25) is 0 Å². The summed E-state index contributed by atoms with van der Waals surface area (Å²) in [5, 5.41) is 0. The second-order valence-corrected chi connectivity index (χ2v) is 4.48. The van der Waals surface area contributed by atoms with Gasteiger partial charge in [-0.1, -0.05) is 56.9 Å². The van der Waals surface area contributed by atoms with E-state index in [1.165, 1.54) is 44.9 Å². The van der Waals surface area contributed by atoms with Gasteiger partial charge in [-0.2, -0.15) is 0 Å². The lowest BCUT2D eigenvalue weighted by molar-refractivity contribution is -0.107. The lowest BCUT2D eigenvalue weighted by atomic mass is 10.1. The number of rotatable bonds is 12. The van der Waals surface area contributed by atoms with Crippen LogP contribution in [0, 0.1) is 0 Å². The highest BCUT2D eigenvalue weighted by Crippen LogP contribution is 2.05. The van der Waals surface area contributed by atoms with E-state index in [0.29, 0.717) is 0 Å². The maximum absolute atomic E-state index is 10.1. The highest BCUT2D eigenvalue weighted by molar-refractivity contribution is 5.48. The molecule has 0 spiro atoms. The first-order valence-corrected chi connectivity index (χ1v) is 7.15. The molecule has 1 nitrogen and oxygen atoms in total. The maximum atomic E-state index is 10.1. The summed E-state index contributed by atoms with van der Waals surface area (Å²) in [5.41, 5.74) is 0. The van der Waals surface area contributed by atoms with Crippen LogP contribution in [0.3, 0.4) is 0 Å². The molecule has 0 N–H and O–H groups in total. The fourth-order valence-corrected chi connectivity index (χ4v) is 1.67. The van der Waals surface area contributed by atoms with Crippen LogP contribution in [0.4, 0.5) is 0 Å². The molecule has 0 fully saturated rings. The van der Waals surface area contributed by atoms with E-state index < -0.39 is 0 Å². The van der Waals surface area contributed by atoms with Gasteiger partial charge >= 0.3 is 0 Å². The van der Waals surface area contributed by atoms with Crippen LogP contribution in [-0.4, -0.2) is 6.29 Å². The van der Waals surface area contributed by atoms with E-state index in [1.807, 2.05) is 0 Å². The molecule has 0 aromatic carbocycles. The summed E-state index contributed by atoms with van der Waals surface area (Å²) in [5.74, 6) is 0. The van der Waals surface area contributed by atoms with E-state index in [4.69, 9.17) is 0 Å². The lowest BCUT2D eigenvalue weighted by Crippen LogP contribution is -1.79. The van der Waals surface area contributed by atoms with Crippen molar-refractivity contribution in [2.24, 2.45) is 0 Å². The third-order valence-corrected chi connectivity index (χ3v) is 2.77. The molecule has 0 rings (SSSR count). The van der Waals surface area contributed by atoms with Crippen LogP contribution in [0.2, 0.25) is 0 Å². The average molecular weight is 236 g/mol. The Morgan fingerprint density at radius 1 is 0.706 bits per heavy atom. The number of carbonyl (C=O) groups is 1. The molecular formula is C16H28O. The van der Waals surface area contributed by atoms with Crippen LogP contribution in [-0.2, 0) is 4.79 Å². The molecule has 0 aromatic heterocycles. The van der Waals surface area contributed by atoms with Gasteiger partial charge in [0.25, 0.3) is 0 Å². The van der Waals surface area contributed by atoms with Crippen LogP contribution < -0.4 is 0 Å². The molecule has 0 aromatic rings. The number of unbranched alkanes of at least 4 members (excludes halogenated alkanes) is 7. The van der Waals surface area contributed by atoms with Gasteiger partial charge in [-0.3, -0.25) is 0 Å². The van der Waals surface area contributed by atoms with Gasteiger partial charge in [-0.25, -0.2) is 0 Å². The number of hydrogen-bond donors (Lipinski definition) is 0. The Kier molecular flexibility index (Phi) is 14.4. The first-order valence-electron chi connectivity index (χ1n) is 7.15. The van der Waals surface area contributed by atoms with Crippen molar-refractivity contribution in [2.45, 2.75) is 71.1 Å². The molecule has 0 bridgehead atoms. The Bertz CT molecular complexity index is 204. The van der Waals surface area contributed by atoms with Gasteiger partial charge in [0.05, 0.1) is 0 Å². The smallest absolute Gasteiger partial charge is 0.119 e. The van der Waals surface area contributed by atoms with Gasteiger partial charge in [-0.15, -0.1) is 0 Å². The fourth-order valence-electron chi connectivity index (χ4n) is 1.67. The molecule has 0 atom stereocenters. The van der Waals surface area contributed by atoms with Gasteiger partial charge in [0.1, 0.15) is 6.29 Å². The topological polar surface area (TPSA) is 17.1 Å². The van der Waals surface area contributed by atoms with E-state index in [1.54, 1.807) is 0 Å². The van der Waals surface area contributed by atoms with Crippen molar-refractivity contribution in [3.63, 3.8) is 0 Å². The number of allylic oxidation sites excluding steroid dienone is 4. The Hall–Kier alpha value is -0.850. The van der Waals surface area contributed by atoms with E-state index in [2.05, 4.69) is 31.2 Å². The molecule has 1 heteroatoms. The Balaban J connectivity index is 3.14. The largest absolute Gasteiger partial charge is 0.303 e. The molecule has 0 heterocycles. The molecule has 17 heavy (non-hydrogen) atoms. The Morgan fingerprint density at radius 3 is 1.88 bits per heavy atom. The van der Waals surface area contributed by atoms with Crippen LogP contribution in [0.15, 0.2) is 24.3 Å². The van der Waals surface area contributed by atoms with Crippen molar-refractivity contribution in [1.82, 2.24) is 0 Å². The molecule has 0 unspecified atom stereocenters. The molecule has 98 valence electrons. The fraction of sp³-hybridized carbons (Fsp3) is 0.688. The Morgan fingerprint density at radius 2 is 1.29 bits per heavy atom. The number of hydrogen-bond acceptors (Lipinski definition) is 1. The maximum Gasteiger partial charge on any atom is 0.119 e. The summed E-state index contributed by atoms with van der Waals surface area (Å²) in [7, 11) is 0. The van der Waals surface area contributed by atoms with Gasteiger partial charge in [0, 0.05) is 6.42 Å². The van der Waals surface area contributed by atoms with E-state index in [-0.39, 0.29) is 0 Å². The minimum atomic E-state index is 0.735. The van der Waals surface area contributed by atoms with Crippen molar-refractivity contribution in [2.75, 3.05) is 0 Å². The SMILES string of the molecule is CCCC/C=C\C/C=C/CCCCCCC=O. The van der Waals surface area contributed by atoms with Crippen LogP contribution in [0.1, 0.15) is 71.1 Å². The Labute approximate surface area is 107 Å². The third kappa shape index (κ3) is 15.1. The monoisotopic (exact) mass is 236 g/mol. The average Bonchev–Trinajstić information content (AvgIpc) is 2.35. The zero-order chi connectivity index (χ0) is 12.6. The zero-order valence-corrected chi connectivity index (χ0v) is 11.4. The number of carbonyl (C=O) groups excluding carboxylic acids is 1. The lowest BCUT2D eigenvalue weighted by Gasteiger charge is -1.95. The second-order valence-electron chi connectivity index (χ2n) is 4.48. The van der Waals surface area contributed by atoms with Gasteiger partial charge < -0.3 is 4.79 Å². The normalized spacial score (nSPS) is 11.6. The summed E-state index contributed by atoms with van der Waals surface area (Å²) in [4.78, 5) is 10.1. The van der Waals surface area contributed by atoms with E-state index >= 15 is 0 Å². The third-order valence-electron chi connectivity index (χ3n) is 2.77. The summed E-state index contributed by atoms with van der Waals surface area (Å²) >= 11 is 0. The molecule has 0 saturated heterocycles. The minimum absolute atomic E-state index is 0.735. The van der Waals surface area contributed by atoms with Crippen molar-refractivity contribution in [3.05, 3.63) is 24.3 Å². The van der Waals surface area contributed by atoms with Crippen molar-refractivity contribution < 1.29 is 4.79 Å². The molecule has 0 aliphatic heterocycles. The molecule has 0 aliphatic carbocycles. The quantitative estimate of drug-likeness (QED) is 0.258. The highest BCUT2D eigenvalue weighted by Gasteiger charge is 1.87. The molecule has 0 radical (unpaired) electrons. The molecule has 0 aliphatic rings. The van der Waals surface area contributed by atoms with Crippen molar-refractivity contribution in [1.29, 1.82) is 0 Å². The first-order chi connectivity index (χ1) is 8.41. The summed E-state index contributed by atoms with van der Waals surface area (Å²) in [6, 6.07) is 0. The van der Waals surface area contributed by atoms with Gasteiger partial charge in [0.15, 0.2) is 0 Å². The summed E-state index contributed by atoms with van der Waals surface area (Å²) in [6.45, 7) is 2.23. The van der Waals surface area contributed by atoms with E-state index in [0.717, 1.165) is 25.5 Å². The molecule has 0 amide bonds. The minimum Gasteiger partial charge on any atom is -0.303 e. The van der Waals surface area contributed by atoms with Crippen molar-refractivity contribution >= 4 is 6.29 Å². The van der Waals surface area contributed by atoms with Crippen LogP contribution >= 0.6 is 0 Å².